The van der Waals surface area contributed by atoms with E-state index in [1.165, 1.54) is 40.3 Å². The van der Waals surface area contributed by atoms with E-state index in [9.17, 15) is 0 Å². The van der Waals surface area contributed by atoms with Crippen molar-refractivity contribution in [2.45, 2.75) is 52.0 Å². The minimum atomic E-state index is 0.260. The predicted octanol–water partition coefficient (Wildman–Crippen LogP) is 5.15. The van der Waals surface area contributed by atoms with Crippen molar-refractivity contribution in [1.82, 2.24) is 0 Å². The highest BCUT2D eigenvalue weighted by Crippen LogP contribution is 2.30. The highest BCUT2D eigenvalue weighted by Gasteiger charge is 2.16. The van der Waals surface area contributed by atoms with Gasteiger partial charge in [0.2, 0.25) is 0 Å². The third kappa shape index (κ3) is 2.90. The van der Waals surface area contributed by atoms with Crippen molar-refractivity contribution in [3.8, 4) is 0 Å². The lowest BCUT2D eigenvalue weighted by molar-refractivity contribution is 0.604. The van der Waals surface area contributed by atoms with Crippen LogP contribution in [0.4, 0.5) is 5.69 Å². The smallest absolute Gasteiger partial charge is 0.0494 e. The van der Waals surface area contributed by atoms with Gasteiger partial charge in [-0.1, -0.05) is 26.8 Å². The number of anilines is 1. The fourth-order valence-corrected chi connectivity index (χ4v) is 3.75. The van der Waals surface area contributed by atoms with Gasteiger partial charge in [0.1, 0.15) is 0 Å². The van der Waals surface area contributed by atoms with Crippen LogP contribution in [0.25, 0.3) is 0 Å². The molecule has 1 aliphatic rings. The van der Waals surface area contributed by atoms with Gasteiger partial charge in [0.15, 0.2) is 0 Å². The van der Waals surface area contributed by atoms with Crippen molar-refractivity contribution in [3.05, 3.63) is 51.2 Å². The summed E-state index contributed by atoms with van der Waals surface area (Å²) in [5, 5.41) is 3.57. The van der Waals surface area contributed by atoms with Gasteiger partial charge in [-0.05, 0) is 60.1 Å². The van der Waals surface area contributed by atoms with Gasteiger partial charge in [-0.15, -0.1) is 11.3 Å². The molecule has 0 unspecified atom stereocenters. The minimum Gasteiger partial charge on any atom is -0.380 e. The Labute approximate surface area is 126 Å². The second-order valence-electron chi connectivity index (χ2n) is 6.71. The van der Waals surface area contributed by atoms with E-state index >= 15 is 0 Å². The first-order valence-electron chi connectivity index (χ1n) is 7.47. The molecule has 1 aromatic heterocycles. The van der Waals surface area contributed by atoms with Crippen molar-refractivity contribution in [1.29, 1.82) is 0 Å². The molecule has 0 atom stereocenters. The van der Waals surface area contributed by atoms with Crippen LogP contribution in [0.2, 0.25) is 0 Å². The average Bonchev–Trinajstić information content (AvgIpc) is 3.04. The summed E-state index contributed by atoms with van der Waals surface area (Å²) in [6, 6.07) is 11.4. The summed E-state index contributed by atoms with van der Waals surface area (Å²) in [5.41, 5.74) is 4.60. The maximum atomic E-state index is 3.57. The highest BCUT2D eigenvalue weighted by atomic mass is 32.1. The fraction of sp³-hybridized carbons (Fsp3) is 0.444. The zero-order valence-electron chi connectivity index (χ0n) is 12.6. The third-order valence-corrected chi connectivity index (χ3v) is 5.48. The monoisotopic (exact) mass is 285 g/mol. The molecule has 0 fully saturated rings. The van der Waals surface area contributed by atoms with Crippen LogP contribution in [0.1, 0.15) is 48.1 Å². The van der Waals surface area contributed by atoms with Crippen LogP contribution in [-0.2, 0) is 24.8 Å². The van der Waals surface area contributed by atoms with E-state index < -0.39 is 0 Å². The van der Waals surface area contributed by atoms with Crippen LogP contribution >= 0.6 is 11.3 Å². The number of aryl methyl sites for hydroxylation is 2. The Bertz CT molecular complexity index is 604. The lowest BCUT2D eigenvalue weighted by Crippen LogP contribution is -2.07. The first-order valence-corrected chi connectivity index (χ1v) is 8.29. The Hall–Kier alpha value is -1.28. The SMILES string of the molecule is CC(C)(C)c1ccc(CNc2ccc3c(c2)CCC3)s1. The first kappa shape index (κ1) is 13.7. The molecule has 1 aromatic carbocycles. The van der Waals surface area contributed by atoms with Gasteiger partial charge in [0.25, 0.3) is 0 Å². The predicted molar refractivity (Wildman–Crippen MR) is 88.8 cm³/mol. The number of hydrogen-bond donors (Lipinski definition) is 1. The van der Waals surface area contributed by atoms with E-state index in [1.54, 1.807) is 5.56 Å². The number of nitrogens with one attached hydrogen (secondary N) is 1. The summed E-state index contributed by atoms with van der Waals surface area (Å²) in [5.74, 6) is 0. The molecule has 20 heavy (non-hydrogen) atoms. The molecule has 0 saturated heterocycles. The van der Waals surface area contributed by atoms with Crippen LogP contribution in [0, 0.1) is 0 Å². The Morgan fingerprint density at radius 1 is 1.05 bits per heavy atom. The number of hydrogen-bond acceptors (Lipinski definition) is 2. The lowest BCUT2D eigenvalue weighted by Gasteiger charge is -2.15. The number of rotatable bonds is 3. The molecule has 0 aliphatic heterocycles. The average molecular weight is 285 g/mol. The van der Waals surface area contributed by atoms with Crippen LogP contribution in [0.5, 0.6) is 0 Å². The van der Waals surface area contributed by atoms with Gasteiger partial charge < -0.3 is 5.32 Å². The fourth-order valence-electron chi connectivity index (χ4n) is 2.75. The molecule has 1 N–H and O–H groups in total. The van der Waals surface area contributed by atoms with Gasteiger partial charge in [-0.2, -0.15) is 0 Å². The Balaban J connectivity index is 1.66. The Morgan fingerprint density at radius 3 is 2.60 bits per heavy atom. The number of benzene rings is 1. The van der Waals surface area contributed by atoms with Gasteiger partial charge in [0.05, 0.1) is 0 Å². The number of thiophene rings is 1. The minimum absolute atomic E-state index is 0.260. The van der Waals surface area contributed by atoms with Crippen LogP contribution in [0.15, 0.2) is 30.3 Å². The standard InChI is InChI=1S/C18H23NS/c1-18(2,3)17-10-9-16(20-17)12-19-15-8-7-13-5-4-6-14(13)11-15/h7-11,19H,4-6,12H2,1-3H3. The molecule has 1 heterocycles. The maximum Gasteiger partial charge on any atom is 0.0494 e. The molecule has 2 aromatic rings. The quantitative estimate of drug-likeness (QED) is 0.822. The third-order valence-electron chi connectivity index (χ3n) is 3.97. The van der Waals surface area contributed by atoms with E-state index in [0.717, 1.165) is 6.54 Å². The molecule has 106 valence electrons. The largest absolute Gasteiger partial charge is 0.380 e. The van der Waals surface area contributed by atoms with Crippen molar-refractivity contribution < 1.29 is 0 Å². The van der Waals surface area contributed by atoms with Crippen LogP contribution in [-0.4, -0.2) is 0 Å². The van der Waals surface area contributed by atoms with E-state index in [4.69, 9.17) is 0 Å². The second kappa shape index (κ2) is 5.25. The molecule has 0 amide bonds. The maximum absolute atomic E-state index is 3.57. The summed E-state index contributed by atoms with van der Waals surface area (Å²) in [6.45, 7) is 7.75. The molecular formula is C18H23NS. The van der Waals surface area contributed by atoms with Gasteiger partial charge >= 0.3 is 0 Å². The lowest BCUT2D eigenvalue weighted by atomic mass is 9.95. The van der Waals surface area contributed by atoms with Crippen molar-refractivity contribution in [2.24, 2.45) is 0 Å². The molecule has 0 saturated carbocycles. The zero-order chi connectivity index (χ0) is 14.2. The summed E-state index contributed by atoms with van der Waals surface area (Å²) in [6.07, 6.45) is 3.83. The van der Waals surface area contributed by atoms with Gasteiger partial charge in [-0.3, -0.25) is 0 Å². The second-order valence-corrected chi connectivity index (χ2v) is 7.87. The Morgan fingerprint density at radius 2 is 1.85 bits per heavy atom. The van der Waals surface area contributed by atoms with Crippen LogP contribution < -0.4 is 5.32 Å². The molecule has 0 spiro atoms. The normalized spacial score (nSPS) is 14.3. The van der Waals surface area contributed by atoms with E-state index in [0.29, 0.717) is 0 Å². The summed E-state index contributed by atoms with van der Waals surface area (Å²) in [7, 11) is 0. The summed E-state index contributed by atoms with van der Waals surface area (Å²) < 4.78 is 0. The molecule has 1 aliphatic carbocycles. The highest BCUT2D eigenvalue weighted by molar-refractivity contribution is 7.12. The van der Waals surface area contributed by atoms with Crippen molar-refractivity contribution >= 4 is 17.0 Å². The summed E-state index contributed by atoms with van der Waals surface area (Å²) >= 11 is 1.92. The first-order chi connectivity index (χ1) is 9.52. The van der Waals surface area contributed by atoms with Crippen LogP contribution in [0.3, 0.4) is 0 Å². The van der Waals surface area contributed by atoms with Gasteiger partial charge in [0, 0.05) is 22.0 Å². The molecular weight excluding hydrogens is 262 g/mol. The molecule has 3 rings (SSSR count). The zero-order valence-corrected chi connectivity index (χ0v) is 13.4. The van der Waals surface area contributed by atoms with Crippen molar-refractivity contribution in [3.63, 3.8) is 0 Å². The van der Waals surface area contributed by atoms with Gasteiger partial charge in [-0.25, -0.2) is 0 Å². The topological polar surface area (TPSA) is 12.0 Å². The summed E-state index contributed by atoms with van der Waals surface area (Å²) in [4.78, 5) is 2.87. The number of fused-ring (bicyclic) bond motifs is 1. The van der Waals surface area contributed by atoms with Crippen molar-refractivity contribution in [2.75, 3.05) is 5.32 Å². The molecule has 2 heteroatoms. The van der Waals surface area contributed by atoms with E-state index in [-0.39, 0.29) is 5.41 Å². The Kier molecular flexibility index (Phi) is 3.59. The van der Waals surface area contributed by atoms with E-state index in [2.05, 4.69) is 56.4 Å². The molecule has 0 bridgehead atoms. The molecule has 0 radical (unpaired) electrons. The molecule has 1 nitrogen and oxygen atoms in total. The van der Waals surface area contributed by atoms with E-state index in [1.807, 2.05) is 11.3 Å².